The summed E-state index contributed by atoms with van der Waals surface area (Å²) in [7, 11) is 1.84. The van der Waals surface area contributed by atoms with Crippen LogP contribution in [0.15, 0.2) is 24.4 Å². The lowest BCUT2D eigenvalue weighted by Gasteiger charge is -2.00. The molecule has 2 aromatic heterocycles. The van der Waals surface area contributed by atoms with E-state index in [9.17, 15) is 4.79 Å². The number of aryl methyl sites for hydroxylation is 1. The number of amides is 1. The first-order valence-electron chi connectivity index (χ1n) is 5.74. The van der Waals surface area contributed by atoms with Gasteiger partial charge in [0.1, 0.15) is 0 Å². The largest absolute Gasteiger partial charge is 0.346 e. The Labute approximate surface area is 115 Å². The quantitative estimate of drug-likeness (QED) is 0.810. The second-order valence-electron chi connectivity index (χ2n) is 3.83. The Morgan fingerprint density at radius 1 is 1.53 bits per heavy atom. The molecular formula is C13H14N4OS. The first-order valence-corrected chi connectivity index (χ1v) is 6.56. The Kier molecular flexibility index (Phi) is 4.34. The maximum atomic E-state index is 11.9. The summed E-state index contributed by atoms with van der Waals surface area (Å²) in [5, 5.41) is 7.01. The van der Waals surface area contributed by atoms with Crippen molar-refractivity contribution in [1.82, 2.24) is 15.1 Å². The maximum Gasteiger partial charge on any atom is 0.261 e. The maximum absolute atomic E-state index is 11.9. The Bertz CT molecular complexity index is 632. The van der Waals surface area contributed by atoms with Gasteiger partial charge in [-0.3, -0.25) is 9.48 Å². The number of hydrogen-bond donors (Lipinski definition) is 2. The van der Waals surface area contributed by atoms with Crippen LogP contribution < -0.4 is 11.1 Å². The third kappa shape index (κ3) is 3.68. The number of nitrogens with zero attached hydrogens (tertiary/aromatic N) is 2. The van der Waals surface area contributed by atoms with Crippen LogP contribution in [-0.4, -0.2) is 22.2 Å². The minimum absolute atomic E-state index is 0.114. The molecule has 5 nitrogen and oxygen atoms in total. The second kappa shape index (κ2) is 6.18. The molecule has 3 N–H and O–H groups in total. The van der Waals surface area contributed by atoms with Crippen molar-refractivity contribution in [3.63, 3.8) is 0 Å². The topological polar surface area (TPSA) is 72.9 Å². The van der Waals surface area contributed by atoms with Gasteiger partial charge in [0.2, 0.25) is 0 Å². The number of nitrogens with one attached hydrogen (secondary N) is 1. The number of hydrogen-bond acceptors (Lipinski definition) is 4. The molecule has 2 rings (SSSR count). The van der Waals surface area contributed by atoms with Crippen molar-refractivity contribution < 1.29 is 4.79 Å². The Hall–Kier alpha value is -2.10. The van der Waals surface area contributed by atoms with Crippen LogP contribution in [0.4, 0.5) is 0 Å². The van der Waals surface area contributed by atoms with E-state index in [2.05, 4.69) is 22.3 Å². The van der Waals surface area contributed by atoms with Gasteiger partial charge in [0.15, 0.2) is 0 Å². The molecule has 0 atom stereocenters. The van der Waals surface area contributed by atoms with E-state index in [1.807, 2.05) is 25.4 Å². The van der Waals surface area contributed by atoms with Crippen LogP contribution in [0, 0.1) is 11.8 Å². The zero-order chi connectivity index (χ0) is 13.7. The zero-order valence-corrected chi connectivity index (χ0v) is 11.3. The molecule has 98 valence electrons. The Balaban J connectivity index is 1.94. The van der Waals surface area contributed by atoms with Crippen molar-refractivity contribution in [2.75, 3.05) is 6.54 Å². The van der Waals surface area contributed by atoms with Gasteiger partial charge in [0.05, 0.1) is 28.5 Å². The average Bonchev–Trinajstić information content (AvgIpc) is 3.02. The van der Waals surface area contributed by atoms with Crippen LogP contribution >= 0.6 is 11.3 Å². The molecule has 0 aliphatic heterocycles. The van der Waals surface area contributed by atoms with Crippen molar-refractivity contribution in [2.45, 2.75) is 6.54 Å². The van der Waals surface area contributed by atoms with Crippen LogP contribution in [0.25, 0.3) is 0 Å². The first kappa shape index (κ1) is 13.3. The van der Waals surface area contributed by atoms with Gasteiger partial charge in [-0.05, 0) is 18.2 Å². The highest BCUT2D eigenvalue weighted by Crippen LogP contribution is 2.15. The molecule has 0 aliphatic carbocycles. The van der Waals surface area contributed by atoms with Crippen LogP contribution in [-0.2, 0) is 13.6 Å². The van der Waals surface area contributed by atoms with E-state index in [1.54, 1.807) is 10.7 Å². The van der Waals surface area contributed by atoms with Gasteiger partial charge in [0.25, 0.3) is 5.91 Å². The molecule has 2 heterocycles. The van der Waals surface area contributed by atoms with Gasteiger partial charge < -0.3 is 11.1 Å². The molecule has 1 amide bonds. The molecule has 0 saturated heterocycles. The number of rotatable bonds is 3. The fraction of sp³-hybridized carbons (Fsp3) is 0.231. The molecule has 0 fully saturated rings. The predicted molar refractivity (Wildman–Crippen MR) is 74.6 cm³/mol. The van der Waals surface area contributed by atoms with E-state index in [4.69, 9.17) is 5.73 Å². The van der Waals surface area contributed by atoms with Crippen LogP contribution in [0.2, 0.25) is 0 Å². The Morgan fingerprint density at radius 2 is 2.37 bits per heavy atom. The summed E-state index contributed by atoms with van der Waals surface area (Å²) in [6, 6.07) is 5.45. The minimum atomic E-state index is -0.114. The summed E-state index contributed by atoms with van der Waals surface area (Å²) < 4.78 is 1.70. The first-order chi connectivity index (χ1) is 9.19. The van der Waals surface area contributed by atoms with E-state index in [1.165, 1.54) is 11.3 Å². The summed E-state index contributed by atoms with van der Waals surface area (Å²) in [6.45, 7) is 0.737. The summed E-state index contributed by atoms with van der Waals surface area (Å²) in [6.07, 6.45) is 1.84. The lowest BCUT2D eigenvalue weighted by molar-refractivity contribution is 0.0954. The molecule has 0 unspecified atom stereocenters. The summed E-state index contributed by atoms with van der Waals surface area (Å²) >= 11 is 1.35. The third-order valence-electron chi connectivity index (χ3n) is 2.34. The van der Waals surface area contributed by atoms with E-state index >= 15 is 0 Å². The minimum Gasteiger partial charge on any atom is -0.346 e. The van der Waals surface area contributed by atoms with Gasteiger partial charge in [-0.2, -0.15) is 5.10 Å². The predicted octanol–water partition coefficient (Wildman–Crippen LogP) is 0.722. The van der Waals surface area contributed by atoms with Crippen molar-refractivity contribution in [3.8, 4) is 11.8 Å². The van der Waals surface area contributed by atoms with Gasteiger partial charge in [-0.25, -0.2) is 0 Å². The van der Waals surface area contributed by atoms with Gasteiger partial charge in [-0.1, -0.05) is 11.8 Å². The van der Waals surface area contributed by atoms with Gasteiger partial charge in [0, 0.05) is 13.2 Å². The van der Waals surface area contributed by atoms with Crippen LogP contribution in [0.1, 0.15) is 20.2 Å². The van der Waals surface area contributed by atoms with Gasteiger partial charge >= 0.3 is 0 Å². The summed E-state index contributed by atoms with van der Waals surface area (Å²) in [4.78, 5) is 13.4. The summed E-state index contributed by atoms with van der Waals surface area (Å²) in [5.74, 6) is 5.55. The lowest BCUT2D eigenvalue weighted by Crippen LogP contribution is -2.22. The fourth-order valence-electron chi connectivity index (χ4n) is 1.48. The smallest absolute Gasteiger partial charge is 0.261 e. The number of nitrogens with two attached hydrogens (primary N) is 1. The standard InChI is InChI=1S/C13H14N4OS/c1-17-8-6-10(16-17)9-15-13(18)12-5-4-11(19-12)3-2-7-14/h4-6,8H,7,9,14H2,1H3,(H,15,18). The molecule has 6 heteroatoms. The molecule has 0 bridgehead atoms. The average molecular weight is 274 g/mol. The molecule has 19 heavy (non-hydrogen) atoms. The second-order valence-corrected chi connectivity index (χ2v) is 4.92. The molecular weight excluding hydrogens is 260 g/mol. The van der Waals surface area contributed by atoms with Crippen molar-refractivity contribution in [1.29, 1.82) is 0 Å². The van der Waals surface area contributed by atoms with E-state index < -0.39 is 0 Å². The zero-order valence-electron chi connectivity index (χ0n) is 10.5. The third-order valence-corrected chi connectivity index (χ3v) is 3.34. The number of aromatic nitrogens is 2. The van der Waals surface area contributed by atoms with Crippen molar-refractivity contribution in [3.05, 3.63) is 39.8 Å². The normalized spacial score (nSPS) is 9.79. The molecule has 0 aliphatic rings. The lowest BCUT2D eigenvalue weighted by atomic mass is 10.4. The highest BCUT2D eigenvalue weighted by Gasteiger charge is 2.08. The SMILES string of the molecule is Cn1ccc(CNC(=O)c2ccc(C#CCN)s2)n1. The van der Waals surface area contributed by atoms with Crippen molar-refractivity contribution >= 4 is 17.2 Å². The fourth-order valence-corrected chi connectivity index (χ4v) is 2.28. The van der Waals surface area contributed by atoms with E-state index in [0.29, 0.717) is 18.0 Å². The molecule has 2 aromatic rings. The molecule has 0 saturated carbocycles. The number of carbonyl (C=O) groups excluding carboxylic acids is 1. The number of thiophene rings is 1. The number of carbonyl (C=O) groups is 1. The molecule has 0 radical (unpaired) electrons. The monoisotopic (exact) mass is 274 g/mol. The Morgan fingerprint density at radius 3 is 3.05 bits per heavy atom. The summed E-state index contributed by atoms with van der Waals surface area (Å²) in [5.41, 5.74) is 6.13. The molecule has 0 aromatic carbocycles. The van der Waals surface area contributed by atoms with Crippen LogP contribution in [0.5, 0.6) is 0 Å². The van der Waals surface area contributed by atoms with Gasteiger partial charge in [-0.15, -0.1) is 11.3 Å². The van der Waals surface area contributed by atoms with Crippen LogP contribution in [0.3, 0.4) is 0 Å². The van der Waals surface area contributed by atoms with Crippen molar-refractivity contribution in [2.24, 2.45) is 12.8 Å². The molecule has 0 spiro atoms. The van der Waals surface area contributed by atoms with E-state index in [-0.39, 0.29) is 5.91 Å². The van der Waals surface area contributed by atoms with E-state index in [0.717, 1.165) is 10.6 Å². The highest BCUT2D eigenvalue weighted by atomic mass is 32.1. The highest BCUT2D eigenvalue weighted by molar-refractivity contribution is 7.14.